The van der Waals surface area contributed by atoms with Crippen molar-refractivity contribution >= 4 is 5.97 Å². The van der Waals surface area contributed by atoms with Crippen LogP contribution in [0.2, 0.25) is 0 Å². The lowest BCUT2D eigenvalue weighted by molar-refractivity contribution is -0.132. The number of carbonyl (C=O) groups is 1. The van der Waals surface area contributed by atoms with E-state index < -0.39 is 5.97 Å². The lowest BCUT2D eigenvalue weighted by Gasteiger charge is -2.06. The minimum Gasteiger partial charge on any atom is -0.478 e. The van der Waals surface area contributed by atoms with Crippen LogP contribution < -0.4 is 0 Å². The van der Waals surface area contributed by atoms with E-state index in [-0.39, 0.29) is 5.57 Å². The van der Waals surface area contributed by atoms with E-state index in [4.69, 9.17) is 9.84 Å². The first kappa shape index (κ1) is 52.3. The van der Waals surface area contributed by atoms with Gasteiger partial charge in [0.25, 0.3) is 0 Å². The van der Waals surface area contributed by atoms with Crippen molar-refractivity contribution in [3.63, 3.8) is 0 Å². The van der Waals surface area contributed by atoms with Crippen LogP contribution in [0.5, 0.6) is 0 Å². The van der Waals surface area contributed by atoms with Gasteiger partial charge in [-0.05, 0) is 19.8 Å². The third-order valence-electron chi connectivity index (χ3n) is 10.6. The third kappa shape index (κ3) is 53.6. The molecule has 0 bridgehead atoms. The van der Waals surface area contributed by atoms with Crippen molar-refractivity contribution in [2.24, 2.45) is 0 Å². The number of aliphatic carboxylic acids is 1. The van der Waals surface area contributed by atoms with E-state index in [0.717, 1.165) is 13.2 Å². The van der Waals surface area contributed by atoms with Crippen LogP contribution in [0.1, 0.15) is 278 Å². The van der Waals surface area contributed by atoms with Gasteiger partial charge in [-0.1, -0.05) is 264 Å². The quantitative estimate of drug-likeness (QED) is 0.0504. The van der Waals surface area contributed by atoms with Crippen molar-refractivity contribution < 1.29 is 14.6 Å². The zero-order valence-electron chi connectivity index (χ0n) is 35.7. The Bertz CT molecular complexity index is 590. The average molecular weight is 721 g/mol. The molecule has 0 unspecified atom stereocenters. The van der Waals surface area contributed by atoms with E-state index >= 15 is 0 Å². The Hall–Kier alpha value is -0.830. The molecule has 1 N–H and O–H groups in total. The summed E-state index contributed by atoms with van der Waals surface area (Å²) in [6.45, 7) is 11.2. The van der Waals surface area contributed by atoms with Gasteiger partial charge in [0.1, 0.15) is 0 Å². The Morgan fingerprint density at radius 3 is 0.627 bits per heavy atom. The number of rotatable bonds is 43. The Balaban J connectivity index is 0. The predicted octanol–water partition coefficient (Wildman–Crippen LogP) is 17.3. The van der Waals surface area contributed by atoms with Crippen LogP contribution in [-0.4, -0.2) is 24.3 Å². The average Bonchev–Trinajstić information content (AvgIpc) is 3.12. The molecule has 0 radical (unpaired) electrons. The van der Waals surface area contributed by atoms with Crippen LogP contribution in [0.3, 0.4) is 0 Å². The number of carboxylic acids is 1. The summed E-state index contributed by atoms with van der Waals surface area (Å²) in [6.07, 6.45) is 58.0. The van der Waals surface area contributed by atoms with Crippen molar-refractivity contribution in [2.45, 2.75) is 278 Å². The fourth-order valence-electron chi connectivity index (χ4n) is 7.02. The van der Waals surface area contributed by atoms with Crippen LogP contribution in [0.25, 0.3) is 0 Å². The third-order valence-corrected chi connectivity index (χ3v) is 10.6. The highest BCUT2D eigenvalue weighted by molar-refractivity contribution is 5.84. The van der Waals surface area contributed by atoms with Gasteiger partial charge in [-0.2, -0.15) is 0 Å². The lowest BCUT2D eigenvalue weighted by atomic mass is 10.0. The van der Waals surface area contributed by atoms with Gasteiger partial charge in [-0.15, -0.1) is 0 Å². The molecule has 0 amide bonds. The summed E-state index contributed by atoms with van der Waals surface area (Å²) < 4.78 is 5.91. The van der Waals surface area contributed by atoms with Crippen molar-refractivity contribution in [3.8, 4) is 0 Å². The van der Waals surface area contributed by atoms with E-state index in [1.807, 2.05) is 0 Å². The van der Waals surface area contributed by atoms with Crippen LogP contribution in [0.4, 0.5) is 0 Å². The first-order valence-corrected chi connectivity index (χ1v) is 23.5. The predicted molar refractivity (Wildman–Crippen MR) is 229 cm³/mol. The second-order valence-electron chi connectivity index (χ2n) is 16.1. The summed E-state index contributed by atoms with van der Waals surface area (Å²) in [4.78, 5) is 9.60. The first-order chi connectivity index (χ1) is 25.1. The van der Waals surface area contributed by atoms with Crippen LogP contribution in [-0.2, 0) is 9.53 Å². The summed E-state index contributed by atoms with van der Waals surface area (Å²) in [7, 11) is 0. The molecule has 51 heavy (non-hydrogen) atoms. The van der Waals surface area contributed by atoms with Gasteiger partial charge in [-0.25, -0.2) is 4.79 Å². The Labute approximate surface area is 322 Å². The maximum atomic E-state index is 9.60. The first-order valence-electron chi connectivity index (χ1n) is 23.5. The topological polar surface area (TPSA) is 46.5 Å². The molecule has 0 aliphatic heterocycles. The molecule has 0 aromatic rings. The van der Waals surface area contributed by atoms with Crippen LogP contribution in [0, 0.1) is 0 Å². The normalized spacial score (nSPS) is 11.1. The minimum atomic E-state index is -0.935. The van der Waals surface area contributed by atoms with Crippen molar-refractivity contribution in [1.29, 1.82) is 0 Å². The highest BCUT2D eigenvalue weighted by atomic mass is 16.5. The SMILES string of the molecule is C=C(C)C(=O)O.CCCCCCCCCCCCCCCCCCCCCCOCCCCCCCCCCCCCCCCCCCCCC. The van der Waals surface area contributed by atoms with Gasteiger partial charge >= 0.3 is 5.97 Å². The fourth-order valence-corrected chi connectivity index (χ4v) is 7.02. The Morgan fingerprint density at radius 1 is 0.353 bits per heavy atom. The van der Waals surface area contributed by atoms with Gasteiger partial charge < -0.3 is 9.84 Å². The zero-order chi connectivity index (χ0) is 37.6. The van der Waals surface area contributed by atoms with Crippen LogP contribution in [0.15, 0.2) is 12.2 Å². The van der Waals surface area contributed by atoms with Crippen molar-refractivity contribution in [1.82, 2.24) is 0 Å². The molecule has 306 valence electrons. The largest absolute Gasteiger partial charge is 0.478 e. The second kappa shape index (κ2) is 49.2. The van der Waals surface area contributed by atoms with Gasteiger partial charge in [0.05, 0.1) is 0 Å². The molecule has 0 saturated carbocycles. The number of hydrogen-bond acceptors (Lipinski definition) is 2. The molecule has 0 atom stereocenters. The number of hydrogen-bond donors (Lipinski definition) is 1. The molecule has 0 rings (SSSR count). The second-order valence-corrected chi connectivity index (χ2v) is 16.1. The highest BCUT2D eigenvalue weighted by Gasteiger charge is 1.98. The Morgan fingerprint density at radius 2 is 0.490 bits per heavy atom. The van der Waals surface area contributed by atoms with Gasteiger partial charge in [-0.3, -0.25) is 0 Å². The number of unbranched alkanes of at least 4 members (excludes halogenated alkanes) is 38. The molecule has 3 nitrogen and oxygen atoms in total. The Kier molecular flexibility index (Phi) is 50.4. The maximum absolute atomic E-state index is 9.60. The van der Waals surface area contributed by atoms with Gasteiger partial charge in [0.15, 0.2) is 0 Å². The molecular weight excluding hydrogens is 625 g/mol. The zero-order valence-corrected chi connectivity index (χ0v) is 35.7. The standard InChI is InChI=1S/C44H90O.C4H6O2/c1-3-5-7-9-11-13-15-17-19-21-23-25-27-29-31-33-35-37-39-41-43-45-44-42-40-38-36-34-32-30-28-26-24-22-20-18-16-14-12-10-8-6-4-2;1-3(2)4(5)6/h3-44H2,1-2H3;1H2,2H3,(H,5,6). The highest BCUT2D eigenvalue weighted by Crippen LogP contribution is 2.16. The van der Waals surface area contributed by atoms with Gasteiger partial charge in [0, 0.05) is 18.8 Å². The number of ether oxygens (including phenoxy) is 1. The molecular formula is C48H96O3. The summed E-state index contributed by atoms with van der Waals surface area (Å²) in [6, 6.07) is 0. The van der Waals surface area contributed by atoms with E-state index in [2.05, 4.69) is 20.4 Å². The van der Waals surface area contributed by atoms with Crippen LogP contribution >= 0.6 is 0 Å². The lowest BCUT2D eigenvalue weighted by Crippen LogP contribution is -1.97. The molecule has 0 saturated heterocycles. The smallest absolute Gasteiger partial charge is 0.330 e. The van der Waals surface area contributed by atoms with E-state index in [1.54, 1.807) is 0 Å². The molecule has 0 spiro atoms. The van der Waals surface area contributed by atoms with Crippen molar-refractivity contribution in [3.05, 3.63) is 12.2 Å². The molecule has 0 aliphatic carbocycles. The summed E-state index contributed by atoms with van der Waals surface area (Å²) in [5.41, 5.74) is 0.176. The van der Waals surface area contributed by atoms with Crippen molar-refractivity contribution in [2.75, 3.05) is 13.2 Å². The van der Waals surface area contributed by atoms with Gasteiger partial charge in [0.2, 0.25) is 0 Å². The molecule has 0 heterocycles. The number of carboxylic acid groups (broad SMARTS) is 1. The fraction of sp³-hybridized carbons (Fsp3) is 0.938. The summed E-state index contributed by atoms with van der Waals surface area (Å²) >= 11 is 0. The molecule has 0 aromatic heterocycles. The molecule has 0 aromatic carbocycles. The van der Waals surface area contributed by atoms with E-state index in [0.29, 0.717) is 0 Å². The van der Waals surface area contributed by atoms with E-state index in [1.165, 1.54) is 264 Å². The minimum absolute atomic E-state index is 0.176. The van der Waals surface area contributed by atoms with E-state index in [9.17, 15) is 4.79 Å². The summed E-state index contributed by atoms with van der Waals surface area (Å²) in [5.74, 6) is -0.935. The monoisotopic (exact) mass is 721 g/mol. The summed E-state index contributed by atoms with van der Waals surface area (Å²) in [5, 5.41) is 7.89. The maximum Gasteiger partial charge on any atom is 0.330 e. The molecule has 0 fully saturated rings. The molecule has 3 heteroatoms. The molecule has 0 aliphatic rings.